The monoisotopic (exact) mass is 281 g/mol. The summed E-state index contributed by atoms with van der Waals surface area (Å²) in [6.07, 6.45) is 0. The van der Waals surface area contributed by atoms with Crippen molar-refractivity contribution in [2.24, 2.45) is 0 Å². The molecule has 0 aliphatic carbocycles. The Morgan fingerprint density at radius 1 is 1.60 bits per heavy atom. The molecule has 6 heteroatoms. The Morgan fingerprint density at radius 3 is 3.00 bits per heavy atom. The molecule has 1 fully saturated rings. The van der Waals surface area contributed by atoms with Gasteiger partial charge >= 0.3 is 0 Å². The lowest BCUT2D eigenvalue weighted by atomic mass is 10.0. The predicted molar refractivity (Wildman–Crippen MR) is 73.9 cm³/mol. The third-order valence-electron chi connectivity index (χ3n) is 3.77. The summed E-state index contributed by atoms with van der Waals surface area (Å²) in [4.78, 5) is 14.0. The number of rotatable bonds is 3. The maximum Gasteiger partial charge on any atom is 0.238 e. The summed E-state index contributed by atoms with van der Waals surface area (Å²) in [7, 11) is 1.61. The molecule has 0 bridgehead atoms. The molecule has 110 valence electrons. The van der Waals surface area contributed by atoms with E-state index < -0.39 is 5.82 Å². The first-order valence-electron chi connectivity index (χ1n) is 6.71. The molecular formula is C14H20FN3O2. The molecule has 1 aliphatic rings. The number of piperazine rings is 1. The van der Waals surface area contributed by atoms with E-state index in [9.17, 15) is 14.3 Å². The number of hydrogen-bond acceptors (Lipinski definition) is 4. The summed E-state index contributed by atoms with van der Waals surface area (Å²) in [5.41, 5.74) is 0.627. The summed E-state index contributed by atoms with van der Waals surface area (Å²) in [6, 6.07) is 3.53. The van der Waals surface area contributed by atoms with Crippen molar-refractivity contribution in [3.8, 4) is 5.75 Å². The largest absolute Gasteiger partial charge is 0.508 e. The highest BCUT2D eigenvalue weighted by atomic mass is 19.1. The fourth-order valence-corrected chi connectivity index (χ4v) is 2.64. The third-order valence-corrected chi connectivity index (χ3v) is 3.77. The van der Waals surface area contributed by atoms with E-state index in [0.717, 1.165) is 12.6 Å². The zero-order valence-corrected chi connectivity index (χ0v) is 11.7. The van der Waals surface area contributed by atoms with Crippen molar-refractivity contribution >= 4 is 5.91 Å². The van der Waals surface area contributed by atoms with Crippen molar-refractivity contribution in [3.05, 3.63) is 29.6 Å². The van der Waals surface area contributed by atoms with Crippen molar-refractivity contribution in [2.45, 2.75) is 19.0 Å². The lowest BCUT2D eigenvalue weighted by Crippen LogP contribution is -2.57. The maximum absolute atomic E-state index is 13.1. The van der Waals surface area contributed by atoms with Crippen LogP contribution < -0.4 is 10.6 Å². The average Bonchev–Trinajstić information content (AvgIpc) is 2.46. The zero-order chi connectivity index (χ0) is 14.7. The highest BCUT2D eigenvalue weighted by Crippen LogP contribution is 2.30. The minimum atomic E-state index is -0.471. The van der Waals surface area contributed by atoms with Gasteiger partial charge in [-0.3, -0.25) is 9.69 Å². The molecule has 1 heterocycles. The molecule has 1 aromatic rings. The molecule has 3 N–H and O–H groups in total. The molecule has 2 atom stereocenters. The van der Waals surface area contributed by atoms with Crippen LogP contribution in [-0.2, 0) is 4.79 Å². The Morgan fingerprint density at radius 2 is 2.35 bits per heavy atom. The van der Waals surface area contributed by atoms with Gasteiger partial charge in [-0.25, -0.2) is 4.39 Å². The van der Waals surface area contributed by atoms with Crippen molar-refractivity contribution < 1.29 is 14.3 Å². The van der Waals surface area contributed by atoms with Crippen LogP contribution in [-0.4, -0.2) is 48.6 Å². The number of halogens is 1. The molecular weight excluding hydrogens is 261 g/mol. The van der Waals surface area contributed by atoms with Crippen LogP contribution in [0, 0.1) is 5.82 Å². The van der Waals surface area contributed by atoms with Gasteiger partial charge in [0.25, 0.3) is 0 Å². The number of amides is 1. The number of benzene rings is 1. The number of aromatic hydroxyl groups is 1. The average molecular weight is 281 g/mol. The highest BCUT2D eigenvalue weighted by molar-refractivity contribution is 5.82. The number of nitrogens with one attached hydrogen (secondary N) is 2. The Labute approximate surface area is 117 Å². The second kappa shape index (κ2) is 6.19. The number of phenols is 1. The van der Waals surface area contributed by atoms with Crippen molar-refractivity contribution in [2.75, 3.05) is 26.7 Å². The molecule has 0 radical (unpaired) electrons. The van der Waals surface area contributed by atoms with Crippen LogP contribution in [0.15, 0.2) is 18.2 Å². The van der Waals surface area contributed by atoms with Gasteiger partial charge in [-0.1, -0.05) is 6.07 Å². The van der Waals surface area contributed by atoms with Crippen molar-refractivity contribution in [1.82, 2.24) is 15.5 Å². The van der Waals surface area contributed by atoms with Gasteiger partial charge in [0.05, 0.1) is 0 Å². The second-order valence-electron chi connectivity index (χ2n) is 4.95. The first-order valence-corrected chi connectivity index (χ1v) is 6.71. The molecule has 0 saturated carbocycles. The Bertz CT molecular complexity index is 495. The van der Waals surface area contributed by atoms with E-state index in [0.29, 0.717) is 18.7 Å². The molecule has 20 heavy (non-hydrogen) atoms. The summed E-state index contributed by atoms with van der Waals surface area (Å²) < 4.78 is 13.1. The summed E-state index contributed by atoms with van der Waals surface area (Å²) >= 11 is 0. The first-order chi connectivity index (χ1) is 9.54. The smallest absolute Gasteiger partial charge is 0.238 e. The van der Waals surface area contributed by atoms with E-state index in [-0.39, 0.29) is 23.7 Å². The molecule has 2 rings (SSSR count). The minimum absolute atomic E-state index is 0.0642. The molecule has 1 aromatic carbocycles. The molecule has 5 nitrogen and oxygen atoms in total. The number of nitrogens with zero attached hydrogens (tertiary/aromatic N) is 1. The van der Waals surface area contributed by atoms with E-state index >= 15 is 0 Å². The minimum Gasteiger partial charge on any atom is -0.508 e. The number of carbonyl (C=O) groups is 1. The molecule has 2 unspecified atom stereocenters. The van der Waals surface area contributed by atoms with E-state index in [1.807, 2.05) is 11.8 Å². The van der Waals surface area contributed by atoms with Gasteiger partial charge in [0.2, 0.25) is 5.91 Å². The standard InChI is InChI=1S/C14H20FN3O2/c1-9(11-4-3-10(15)7-13(11)19)18-6-5-17-8-12(18)14(20)16-2/h3-4,7,9,12,17,19H,5-6,8H2,1-2H3,(H,16,20). The van der Waals surface area contributed by atoms with Crippen LogP contribution >= 0.6 is 0 Å². The predicted octanol–water partition coefficient (Wildman–Crippen LogP) is 0.612. The summed E-state index contributed by atoms with van der Waals surface area (Å²) in [6.45, 7) is 3.94. The van der Waals surface area contributed by atoms with Crippen LogP contribution in [0.2, 0.25) is 0 Å². The van der Waals surface area contributed by atoms with Gasteiger partial charge < -0.3 is 15.7 Å². The summed E-state index contributed by atoms with van der Waals surface area (Å²) in [5.74, 6) is -0.612. The van der Waals surface area contributed by atoms with Gasteiger partial charge in [-0.15, -0.1) is 0 Å². The third kappa shape index (κ3) is 2.91. The number of carbonyl (C=O) groups excluding carboxylic acids is 1. The van der Waals surface area contributed by atoms with Crippen LogP contribution in [0.25, 0.3) is 0 Å². The van der Waals surface area contributed by atoms with Crippen LogP contribution in [0.5, 0.6) is 5.75 Å². The van der Waals surface area contributed by atoms with Crippen molar-refractivity contribution in [1.29, 1.82) is 0 Å². The highest BCUT2D eigenvalue weighted by Gasteiger charge is 2.32. The number of hydrogen-bond donors (Lipinski definition) is 3. The van der Waals surface area contributed by atoms with E-state index in [4.69, 9.17) is 0 Å². The lowest BCUT2D eigenvalue weighted by molar-refractivity contribution is -0.127. The van der Waals surface area contributed by atoms with Gasteiger partial charge in [-0.05, 0) is 13.0 Å². The van der Waals surface area contributed by atoms with E-state index in [2.05, 4.69) is 10.6 Å². The summed E-state index contributed by atoms with van der Waals surface area (Å²) in [5, 5.41) is 15.7. The lowest BCUT2D eigenvalue weighted by Gasteiger charge is -2.39. The molecule has 1 saturated heterocycles. The SMILES string of the molecule is CNC(=O)C1CNCCN1C(C)c1ccc(F)cc1O. The van der Waals surface area contributed by atoms with Crippen LogP contribution in [0.1, 0.15) is 18.5 Å². The van der Waals surface area contributed by atoms with Gasteiger partial charge in [-0.2, -0.15) is 0 Å². The Hall–Kier alpha value is -1.66. The molecule has 0 spiro atoms. The molecule has 1 aliphatic heterocycles. The first kappa shape index (κ1) is 14.7. The fourth-order valence-electron chi connectivity index (χ4n) is 2.64. The van der Waals surface area contributed by atoms with Gasteiger partial charge in [0.15, 0.2) is 0 Å². The van der Waals surface area contributed by atoms with Crippen LogP contribution in [0.3, 0.4) is 0 Å². The Balaban J connectivity index is 2.25. The van der Waals surface area contributed by atoms with Gasteiger partial charge in [0.1, 0.15) is 17.6 Å². The molecule has 0 aromatic heterocycles. The van der Waals surface area contributed by atoms with Crippen molar-refractivity contribution in [3.63, 3.8) is 0 Å². The maximum atomic E-state index is 13.1. The molecule has 1 amide bonds. The topological polar surface area (TPSA) is 64.6 Å². The van der Waals surface area contributed by atoms with Gasteiger partial charge in [0, 0.05) is 44.4 Å². The quantitative estimate of drug-likeness (QED) is 0.759. The normalized spacial score (nSPS) is 21.4. The second-order valence-corrected chi connectivity index (χ2v) is 4.95. The van der Waals surface area contributed by atoms with E-state index in [1.54, 1.807) is 13.1 Å². The number of likely N-dealkylation sites (N-methyl/N-ethyl adjacent to an activating group) is 1. The van der Waals surface area contributed by atoms with E-state index in [1.165, 1.54) is 6.07 Å². The fraction of sp³-hybridized carbons (Fsp3) is 0.500. The zero-order valence-electron chi connectivity index (χ0n) is 11.7. The number of phenolic OH excluding ortho intramolecular Hbond substituents is 1. The van der Waals surface area contributed by atoms with Crippen LogP contribution in [0.4, 0.5) is 4.39 Å². The Kier molecular flexibility index (Phi) is 4.57.